The summed E-state index contributed by atoms with van der Waals surface area (Å²) in [5.41, 5.74) is 3.99. The van der Waals surface area contributed by atoms with Gasteiger partial charge in [-0.25, -0.2) is 0 Å². The second kappa shape index (κ2) is 7.78. The molecule has 3 atom stereocenters. The predicted molar refractivity (Wildman–Crippen MR) is 109 cm³/mol. The van der Waals surface area contributed by atoms with Crippen molar-refractivity contribution in [3.63, 3.8) is 0 Å². The van der Waals surface area contributed by atoms with E-state index in [1.165, 1.54) is 48.9 Å². The molecular formula is C23H31N3O2. The molecule has 3 heterocycles. The van der Waals surface area contributed by atoms with Crippen molar-refractivity contribution < 1.29 is 9.53 Å². The minimum atomic E-state index is -0.106. The van der Waals surface area contributed by atoms with Crippen LogP contribution in [0.2, 0.25) is 0 Å². The van der Waals surface area contributed by atoms with E-state index in [9.17, 15) is 4.79 Å². The number of benzene rings is 1. The molecule has 28 heavy (non-hydrogen) atoms. The molecule has 2 unspecified atom stereocenters. The Kier molecular flexibility index (Phi) is 5.02. The number of hydrogen-bond donors (Lipinski definition) is 2. The molecule has 1 saturated carbocycles. The Hall–Kier alpha value is -2.01. The van der Waals surface area contributed by atoms with E-state index in [1.54, 1.807) is 0 Å². The molecule has 3 aliphatic heterocycles. The van der Waals surface area contributed by atoms with Crippen LogP contribution in [-0.2, 0) is 9.53 Å². The molecule has 5 heteroatoms. The van der Waals surface area contributed by atoms with E-state index in [4.69, 9.17) is 4.74 Å². The van der Waals surface area contributed by atoms with E-state index in [0.29, 0.717) is 5.92 Å². The molecule has 0 amide bonds. The fourth-order valence-electron chi connectivity index (χ4n) is 5.54. The molecule has 0 aromatic heterocycles. The number of carbonyl (C=O) groups is 1. The van der Waals surface area contributed by atoms with Crippen LogP contribution in [0.25, 0.3) is 5.70 Å². The Morgan fingerprint density at radius 1 is 1.14 bits per heavy atom. The molecule has 150 valence electrons. The Labute approximate surface area is 167 Å². The lowest BCUT2D eigenvalue weighted by Crippen LogP contribution is -2.39. The molecule has 0 spiro atoms. The van der Waals surface area contributed by atoms with Crippen LogP contribution in [0.4, 0.5) is 0 Å². The smallest absolute Gasteiger partial charge is 0.323 e. The molecule has 2 fully saturated rings. The van der Waals surface area contributed by atoms with E-state index >= 15 is 0 Å². The minimum Gasteiger partial charge on any atom is -0.461 e. The average Bonchev–Trinajstić information content (AvgIpc) is 3.47. The zero-order valence-corrected chi connectivity index (χ0v) is 16.5. The average molecular weight is 382 g/mol. The topological polar surface area (TPSA) is 53.6 Å². The molecular weight excluding hydrogens is 350 g/mol. The summed E-state index contributed by atoms with van der Waals surface area (Å²) in [6.45, 7) is 1.77. The fraction of sp³-hybridized carbons (Fsp3) is 0.609. The quantitative estimate of drug-likeness (QED) is 0.764. The Morgan fingerprint density at radius 3 is 2.82 bits per heavy atom. The van der Waals surface area contributed by atoms with Gasteiger partial charge in [0.25, 0.3) is 0 Å². The van der Waals surface area contributed by atoms with E-state index in [0.717, 1.165) is 32.5 Å². The lowest BCUT2D eigenvalue weighted by Gasteiger charge is -2.34. The summed E-state index contributed by atoms with van der Waals surface area (Å²) in [7, 11) is 0. The largest absolute Gasteiger partial charge is 0.461 e. The first-order valence-corrected chi connectivity index (χ1v) is 11.0. The number of nitrogens with zero attached hydrogens (tertiary/aromatic N) is 1. The third kappa shape index (κ3) is 3.30. The second-order valence-corrected chi connectivity index (χ2v) is 8.72. The van der Waals surface area contributed by atoms with Crippen LogP contribution in [0.5, 0.6) is 0 Å². The standard InChI is InChI=1S/C23H31N3O2/c27-23(19-11-6-12-25-19)28-22(16-7-2-1-3-8-16)13-20-17-9-4-5-10-18(17)21-14-24-15-26(20)21/h4-5,9-10,14,16,19-20,22,24-25H,1-3,6-8,11-13,15H2/t19-,20?,22?/m0/s1. The van der Waals surface area contributed by atoms with Gasteiger partial charge in [-0.2, -0.15) is 0 Å². The Balaban J connectivity index is 1.38. The molecule has 0 radical (unpaired) electrons. The molecule has 4 aliphatic rings. The van der Waals surface area contributed by atoms with Crippen LogP contribution in [0.1, 0.15) is 68.5 Å². The first-order chi connectivity index (χ1) is 13.8. The summed E-state index contributed by atoms with van der Waals surface area (Å²) in [4.78, 5) is 15.3. The summed E-state index contributed by atoms with van der Waals surface area (Å²) in [6, 6.07) is 8.89. The third-order valence-electron chi connectivity index (χ3n) is 7.03. The highest BCUT2D eigenvalue weighted by atomic mass is 16.5. The summed E-state index contributed by atoms with van der Waals surface area (Å²) in [5, 5.41) is 6.69. The molecule has 5 nitrogen and oxygen atoms in total. The maximum atomic E-state index is 12.8. The lowest BCUT2D eigenvalue weighted by molar-refractivity contribution is -0.156. The number of ether oxygens (including phenoxy) is 1. The van der Waals surface area contributed by atoms with Crippen molar-refractivity contribution >= 4 is 11.7 Å². The van der Waals surface area contributed by atoms with Crippen molar-refractivity contribution in [1.29, 1.82) is 0 Å². The van der Waals surface area contributed by atoms with Gasteiger partial charge >= 0.3 is 5.97 Å². The first kappa shape index (κ1) is 18.0. The van der Waals surface area contributed by atoms with Crippen molar-refractivity contribution in [2.45, 2.75) is 69.6 Å². The Morgan fingerprint density at radius 2 is 2.00 bits per heavy atom. The molecule has 0 bridgehead atoms. The Bertz CT molecular complexity index is 750. The lowest BCUT2D eigenvalue weighted by atomic mass is 9.82. The monoisotopic (exact) mass is 381 g/mol. The molecule has 5 rings (SSSR count). The van der Waals surface area contributed by atoms with E-state index in [-0.39, 0.29) is 24.2 Å². The summed E-state index contributed by atoms with van der Waals surface area (Å²) in [6.07, 6.45) is 11.2. The summed E-state index contributed by atoms with van der Waals surface area (Å²) < 4.78 is 6.23. The van der Waals surface area contributed by atoms with Gasteiger partial charge in [0.05, 0.1) is 18.4 Å². The van der Waals surface area contributed by atoms with Gasteiger partial charge in [-0.15, -0.1) is 0 Å². The summed E-state index contributed by atoms with van der Waals surface area (Å²) in [5.74, 6) is 0.463. The highest BCUT2D eigenvalue weighted by molar-refractivity contribution is 5.76. The predicted octanol–water partition coefficient (Wildman–Crippen LogP) is 3.54. The molecule has 1 aliphatic carbocycles. The van der Waals surface area contributed by atoms with Gasteiger partial charge in [0, 0.05) is 18.2 Å². The molecule has 1 saturated heterocycles. The normalized spacial score (nSPS) is 27.7. The number of nitrogens with one attached hydrogen (secondary N) is 2. The van der Waals surface area contributed by atoms with Crippen molar-refractivity contribution in [1.82, 2.24) is 15.5 Å². The third-order valence-corrected chi connectivity index (χ3v) is 7.03. The van der Waals surface area contributed by atoms with Gasteiger partial charge in [-0.1, -0.05) is 43.5 Å². The van der Waals surface area contributed by atoms with Gasteiger partial charge < -0.3 is 20.3 Å². The van der Waals surface area contributed by atoms with E-state index in [1.807, 2.05) is 0 Å². The van der Waals surface area contributed by atoms with E-state index in [2.05, 4.69) is 46.0 Å². The number of hydrogen-bond acceptors (Lipinski definition) is 5. The fourth-order valence-corrected chi connectivity index (χ4v) is 5.54. The van der Waals surface area contributed by atoms with Crippen molar-refractivity contribution in [2.75, 3.05) is 13.2 Å². The zero-order valence-electron chi connectivity index (χ0n) is 16.5. The van der Waals surface area contributed by atoms with Crippen molar-refractivity contribution in [2.24, 2.45) is 5.92 Å². The van der Waals surface area contributed by atoms with Crippen LogP contribution in [-0.4, -0.2) is 36.2 Å². The number of fused-ring (bicyclic) bond motifs is 3. The number of carbonyl (C=O) groups excluding carboxylic acids is 1. The van der Waals surface area contributed by atoms with Gasteiger partial charge in [-0.05, 0) is 43.7 Å². The van der Waals surface area contributed by atoms with Crippen LogP contribution in [0.15, 0.2) is 30.5 Å². The highest BCUT2D eigenvalue weighted by Gasteiger charge is 2.40. The van der Waals surface area contributed by atoms with Gasteiger partial charge in [0.1, 0.15) is 12.1 Å². The molecule has 1 aromatic rings. The number of rotatable bonds is 5. The zero-order chi connectivity index (χ0) is 18.9. The van der Waals surface area contributed by atoms with Crippen LogP contribution in [0, 0.1) is 5.92 Å². The number of esters is 1. The molecule has 1 aromatic carbocycles. The van der Waals surface area contributed by atoms with Crippen LogP contribution in [0.3, 0.4) is 0 Å². The first-order valence-electron chi connectivity index (χ1n) is 11.0. The maximum Gasteiger partial charge on any atom is 0.323 e. The van der Waals surface area contributed by atoms with Gasteiger partial charge in [-0.3, -0.25) is 4.79 Å². The van der Waals surface area contributed by atoms with Crippen molar-refractivity contribution in [3.8, 4) is 0 Å². The summed E-state index contributed by atoms with van der Waals surface area (Å²) >= 11 is 0. The van der Waals surface area contributed by atoms with Crippen LogP contribution >= 0.6 is 0 Å². The van der Waals surface area contributed by atoms with Gasteiger partial charge in [0.15, 0.2) is 0 Å². The maximum absolute atomic E-state index is 12.8. The second-order valence-electron chi connectivity index (χ2n) is 8.72. The highest BCUT2D eigenvalue weighted by Crippen LogP contribution is 2.46. The SMILES string of the molecule is O=C(OC(CC1c2ccccc2C2=CNCN21)C1CCCCC1)[C@@H]1CCCN1. The van der Waals surface area contributed by atoms with Gasteiger partial charge in [0.2, 0.25) is 0 Å². The van der Waals surface area contributed by atoms with Crippen molar-refractivity contribution in [3.05, 3.63) is 41.6 Å². The molecule has 2 N–H and O–H groups in total. The minimum absolute atomic E-state index is 0.00760. The van der Waals surface area contributed by atoms with Crippen LogP contribution < -0.4 is 10.6 Å². The van der Waals surface area contributed by atoms with E-state index < -0.39 is 0 Å².